The van der Waals surface area contributed by atoms with Gasteiger partial charge in [0.15, 0.2) is 0 Å². The van der Waals surface area contributed by atoms with Crippen LogP contribution in [0.4, 0.5) is 13.2 Å². The highest BCUT2D eigenvalue weighted by molar-refractivity contribution is 5.93. The molecule has 2 N–H and O–H groups in total. The van der Waals surface area contributed by atoms with E-state index >= 15 is 0 Å². The summed E-state index contributed by atoms with van der Waals surface area (Å²) in [5.74, 6) is -2.92. The van der Waals surface area contributed by atoms with Gasteiger partial charge in [0, 0.05) is 19.4 Å². The van der Waals surface area contributed by atoms with Gasteiger partial charge in [0.2, 0.25) is 0 Å². The Labute approximate surface area is 93.5 Å². The van der Waals surface area contributed by atoms with Crippen molar-refractivity contribution in [3.63, 3.8) is 0 Å². The van der Waals surface area contributed by atoms with E-state index in [4.69, 9.17) is 9.90 Å². The summed E-state index contributed by atoms with van der Waals surface area (Å²) in [5, 5.41) is 9.59. The van der Waals surface area contributed by atoms with Gasteiger partial charge in [-0.15, -0.1) is 0 Å². The minimum Gasteiger partial charge on any atom is -0.475 e. The molecule has 1 rings (SSSR count). The fourth-order valence-electron chi connectivity index (χ4n) is 0.561. The number of rotatable bonds is 1. The third-order valence-corrected chi connectivity index (χ3v) is 1.29. The van der Waals surface area contributed by atoms with Crippen LogP contribution < -0.4 is 5.32 Å². The minimum atomic E-state index is -5.08. The summed E-state index contributed by atoms with van der Waals surface area (Å²) in [7, 11) is 1.56. The third kappa shape index (κ3) is 6.07. The van der Waals surface area contributed by atoms with E-state index in [2.05, 4.69) is 15.3 Å². The van der Waals surface area contributed by atoms with Crippen LogP contribution in [0.15, 0.2) is 18.7 Å². The zero-order valence-electron chi connectivity index (χ0n) is 8.52. The minimum absolute atomic E-state index is 0.166. The lowest BCUT2D eigenvalue weighted by molar-refractivity contribution is -0.192. The molecule has 0 radical (unpaired) electrons. The first-order valence-electron chi connectivity index (χ1n) is 4.06. The standard InChI is InChI=1S/C6H7N3O.C2HF3O2/c1-7-6(10)5-2-8-4-9-3-5;3-2(4,5)1(6)7/h2-4H,1H3,(H,7,10);(H,6,7). The number of halogens is 3. The normalized spacial score (nSPS) is 9.88. The summed E-state index contributed by atoms with van der Waals surface area (Å²) in [5.41, 5.74) is 0.477. The molecule has 0 fully saturated rings. The van der Waals surface area contributed by atoms with E-state index in [1.165, 1.54) is 18.7 Å². The van der Waals surface area contributed by atoms with Crippen molar-refractivity contribution in [2.45, 2.75) is 6.18 Å². The highest BCUT2D eigenvalue weighted by atomic mass is 19.4. The van der Waals surface area contributed by atoms with E-state index in [1.807, 2.05) is 0 Å². The molecule has 17 heavy (non-hydrogen) atoms. The molecular formula is C8H8F3N3O3. The van der Waals surface area contributed by atoms with E-state index < -0.39 is 12.1 Å². The van der Waals surface area contributed by atoms with Crippen molar-refractivity contribution in [2.24, 2.45) is 0 Å². The van der Waals surface area contributed by atoms with Gasteiger partial charge in [-0.05, 0) is 0 Å². The Bertz CT molecular complexity index is 381. The average Bonchev–Trinajstić information content (AvgIpc) is 2.28. The maximum absolute atomic E-state index is 10.8. The molecule has 0 spiro atoms. The molecule has 0 atom stereocenters. The number of alkyl halides is 3. The number of hydrogen-bond donors (Lipinski definition) is 2. The molecule has 1 aromatic rings. The van der Waals surface area contributed by atoms with Crippen molar-refractivity contribution >= 4 is 11.9 Å². The number of amides is 1. The Morgan fingerprint density at radius 3 is 2.00 bits per heavy atom. The molecular weight excluding hydrogens is 243 g/mol. The van der Waals surface area contributed by atoms with E-state index in [-0.39, 0.29) is 5.91 Å². The van der Waals surface area contributed by atoms with Crippen LogP contribution in [-0.2, 0) is 4.79 Å². The van der Waals surface area contributed by atoms with Gasteiger partial charge in [-0.25, -0.2) is 14.8 Å². The molecule has 1 aromatic heterocycles. The lowest BCUT2D eigenvalue weighted by Gasteiger charge is -1.94. The van der Waals surface area contributed by atoms with Crippen LogP contribution in [0.1, 0.15) is 10.4 Å². The second-order valence-electron chi connectivity index (χ2n) is 2.51. The molecule has 1 heterocycles. The largest absolute Gasteiger partial charge is 0.490 e. The van der Waals surface area contributed by atoms with Gasteiger partial charge in [-0.1, -0.05) is 0 Å². The Kier molecular flexibility index (Phi) is 5.58. The van der Waals surface area contributed by atoms with E-state index in [9.17, 15) is 18.0 Å². The molecule has 0 saturated heterocycles. The van der Waals surface area contributed by atoms with Gasteiger partial charge in [0.05, 0.1) is 5.56 Å². The van der Waals surface area contributed by atoms with Crippen LogP contribution in [0.25, 0.3) is 0 Å². The van der Waals surface area contributed by atoms with Crippen LogP contribution in [0.3, 0.4) is 0 Å². The molecule has 0 aliphatic carbocycles. The number of carboxylic acids is 1. The summed E-state index contributed by atoms with van der Waals surface area (Å²) in [6.07, 6.45) is -0.774. The first-order chi connectivity index (χ1) is 7.79. The lowest BCUT2D eigenvalue weighted by Crippen LogP contribution is -2.21. The van der Waals surface area contributed by atoms with Crippen molar-refractivity contribution in [1.29, 1.82) is 0 Å². The fraction of sp³-hybridized carbons (Fsp3) is 0.250. The maximum Gasteiger partial charge on any atom is 0.490 e. The molecule has 9 heteroatoms. The number of hydrogen-bond acceptors (Lipinski definition) is 4. The molecule has 0 aliphatic rings. The molecule has 0 unspecified atom stereocenters. The SMILES string of the molecule is CNC(=O)c1cncnc1.O=C(O)C(F)(F)F. The van der Waals surface area contributed by atoms with Crippen LogP contribution in [0, 0.1) is 0 Å². The highest BCUT2D eigenvalue weighted by Gasteiger charge is 2.38. The average molecular weight is 251 g/mol. The molecule has 0 aliphatic heterocycles. The lowest BCUT2D eigenvalue weighted by atomic mass is 10.3. The summed E-state index contributed by atoms with van der Waals surface area (Å²) in [4.78, 5) is 27.1. The number of aromatic nitrogens is 2. The third-order valence-electron chi connectivity index (χ3n) is 1.29. The van der Waals surface area contributed by atoms with Crippen molar-refractivity contribution in [3.05, 3.63) is 24.3 Å². The maximum atomic E-state index is 10.8. The number of carboxylic acid groups (broad SMARTS) is 1. The van der Waals surface area contributed by atoms with Gasteiger partial charge in [0.1, 0.15) is 6.33 Å². The summed E-state index contributed by atoms with van der Waals surface area (Å²) < 4.78 is 31.7. The van der Waals surface area contributed by atoms with Crippen LogP contribution in [0.5, 0.6) is 0 Å². The van der Waals surface area contributed by atoms with E-state index in [1.54, 1.807) is 7.05 Å². The number of carbonyl (C=O) groups is 2. The first-order valence-corrected chi connectivity index (χ1v) is 4.06. The summed E-state index contributed by atoms with van der Waals surface area (Å²) >= 11 is 0. The second-order valence-corrected chi connectivity index (χ2v) is 2.51. The fourth-order valence-corrected chi connectivity index (χ4v) is 0.561. The zero-order valence-corrected chi connectivity index (χ0v) is 8.52. The molecule has 0 aromatic carbocycles. The monoisotopic (exact) mass is 251 g/mol. The van der Waals surface area contributed by atoms with E-state index in [0.29, 0.717) is 5.56 Å². The smallest absolute Gasteiger partial charge is 0.475 e. The first kappa shape index (κ1) is 14.8. The van der Waals surface area contributed by atoms with Crippen LogP contribution in [-0.4, -0.2) is 40.2 Å². The molecule has 6 nitrogen and oxygen atoms in total. The Balaban J connectivity index is 0.000000325. The van der Waals surface area contributed by atoms with Crippen molar-refractivity contribution in [1.82, 2.24) is 15.3 Å². The predicted molar refractivity (Wildman–Crippen MR) is 49.1 cm³/mol. The Morgan fingerprint density at radius 2 is 1.71 bits per heavy atom. The topological polar surface area (TPSA) is 92.2 Å². The van der Waals surface area contributed by atoms with Crippen molar-refractivity contribution < 1.29 is 27.9 Å². The van der Waals surface area contributed by atoms with Crippen LogP contribution in [0.2, 0.25) is 0 Å². The van der Waals surface area contributed by atoms with Gasteiger partial charge < -0.3 is 10.4 Å². The second kappa shape index (κ2) is 6.40. The van der Waals surface area contributed by atoms with E-state index in [0.717, 1.165) is 0 Å². The summed E-state index contributed by atoms with van der Waals surface area (Å²) in [6.45, 7) is 0. The number of nitrogens with zero attached hydrogens (tertiary/aromatic N) is 2. The highest BCUT2D eigenvalue weighted by Crippen LogP contribution is 2.13. The molecule has 1 amide bonds. The van der Waals surface area contributed by atoms with Gasteiger partial charge >= 0.3 is 12.1 Å². The predicted octanol–water partition coefficient (Wildman–Crippen LogP) is 0.469. The Hall–Kier alpha value is -2.19. The van der Waals surface area contributed by atoms with Crippen LogP contribution >= 0.6 is 0 Å². The molecule has 0 bridgehead atoms. The number of aliphatic carboxylic acids is 1. The van der Waals surface area contributed by atoms with Gasteiger partial charge in [0.25, 0.3) is 5.91 Å². The quantitative estimate of drug-likeness (QED) is 0.756. The molecule has 94 valence electrons. The number of carbonyl (C=O) groups excluding carboxylic acids is 1. The van der Waals surface area contributed by atoms with Gasteiger partial charge in [-0.3, -0.25) is 4.79 Å². The number of nitrogens with one attached hydrogen (secondary N) is 1. The van der Waals surface area contributed by atoms with Gasteiger partial charge in [-0.2, -0.15) is 13.2 Å². The summed E-state index contributed by atoms with van der Waals surface area (Å²) in [6, 6.07) is 0. The zero-order chi connectivity index (χ0) is 13.5. The molecule has 0 saturated carbocycles. The van der Waals surface area contributed by atoms with Crippen molar-refractivity contribution in [3.8, 4) is 0 Å². The Morgan fingerprint density at radius 1 is 1.29 bits per heavy atom. The van der Waals surface area contributed by atoms with Crippen molar-refractivity contribution in [2.75, 3.05) is 7.05 Å².